The predicted molar refractivity (Wildman–Crippen MR) is 224 cm³/mol. The summed E-state index contributed by atoms with van der Waals surface area (Å²) in [6.45, 7) is 37.3. The van der Waals surface area contributed by atoms with Crippen LogP contribution in [0.25, 0.3) is 0 Å². The maximum atomic E-state index is 4.89. The van der Waals surface area contributed by atoms with Gasteiger partial charge in [-0.1, -0.05) is 130 Å². The third kappa shape index (κ3) is 6.45. The van der Waals surface area contributed by atoms with Gasteiger partial charge in [-0.15, -0.1) is 0 Å². The maximum Gasteiger partial charge on any atom is 0.0401 e. The average Bonchev–Trinajstić information content (AvgIpc) is 3.48. The Bertz CT molecular complexity index is 1500. The summed E-state index contributed by atoms with van der Waals surface area (Å²) in [5.41, 5.74) is 7.99. The average molecular weight is 706 g/mol. The minimum atomic E-state index is 0.274. The monoisotopic (exact) mass is 706 g/mol. The standard InChI is InChI=1S/C51H79N/c1-34(20-21-37-17-14-13-15-18-37)42-32-43(48(42,9)10)35(2)31-38-24-28-50(12)44(47(38,7)8)26-29-49(11)40-25-30-51(52-36(3)33-46(4,5)6)27-16-19-41(51)39(40)22-23-45(49)50/h13-15,17-18,38-45,52H,1-3,16,19-33H2,4-12H3. The highest BCUT2D eigenvalue weighted by atomic mass is 15.0. The third-order valence-electron chi connectivity index (χ3n) is 18.3. The summed E-state index contributed by atoms with van der Waals surface area (Å²) in [7, 11) is 0. The smallest absolute Gasteiger partial charge is 0.0401 e. The van der Waals surface area contributed by atoms with Gasteiger partial charge in [-0.05, 0) is 176 Å². The van der Waals surface area contributed by atoms with Crippen LogP contribution in [0.1, 0.15) is 164 Å². The first-order valence-corrected chi connectivity index (χ1v) is 22.2. The molecule has 0 spiro atoms. The lowest BCUT2D eigenvalue weighted by Crippen LogP contribution is -2.64. The second kappa shape index (κ2) is 13.5. The van der Waals surface area contributed by atoms with Gasteiger partial charge in [0.1, 0.15) is 0 Å². The van der Waals surface area contributed by atoms with Crippen LogP contribution in [0.3, 0.4) is 0 Å². The molecule has 0 aliphatic heterocycles. The van der Waals surface area contributed by atoms with Crippen molar-refractivity contribution in [2.45, 2.75) is 171 Å². The Labute approximate surface area is 321 Å². The van der Waals surface area contributed by atoms with Gasteiger partial charge in [0, 0.05) is 11.2 Å². The molecule has 7 rings (SSSR count). The second-order valence-corrected chi connectivity index (χ2v) is 22.9. The summed E-state index contributed by atoms with van der Waals surface area (Å²) < 4.78 is 0. The van der Waals surface area contributed by atoms with E-state index in [4.69, 9.17) is 6.58 Å². The zero-order valence-corrected chi connectivity index (χ0v) is 35.4. The fourth-order valence-corrected chi connectivity index (χ4v) is 15.8. The molecule has 11 unspecified atom stereocenters. The molecule has 1 aromatic rings. The SMILES string of the molecule is C=C(CC(C)(C)C)NC12CCCC1C1CCC3C(C)(CCC4C(C)(C)C(CC(=C)C5CC(C(=C)CCc6ccccc6)C5(C)C)CCC43C)C1CC2. The summed E-state index contributed by atoms with van der Waals surface area (Å²) >= 11 is 0. The van der Waals surface area contributed by atoms with Gasteiger partial charge in [-0.3, -0.25) is 0 Å². The molecule has 52 heavy (non-hydrogen) atoms. The van der Waals surface area contributed by atoms with Crippen LogP contribution in [-0.4, -0.2) is 5.54 Å². The number of benzene rings is 1. The van der Waals surface area contributed by atoms with Crippen LogP contribution in [0.15, 0.2) is 66.9 Å². The Morgan fingerprint density at radius 2 is 1.40 bits per heavy atom. The molecule has 0 bridgehead atoms. The van der Waals surface area contributed by atoms with Gasteiger partial charge in [0.2, 0.25) is 0 Å². The van der Waals surface area contributed by atoms with Crippen LogP contribution in [0, 0.1) is 74.4 Å². The Hall–Kier alpha value is -1.76. The second-order valence-electron chi connectivity index (χ2n) is 22.9. The van der Waals surface area contributed by atoms with Crippen molar-refractivity contribution < 1.29 is 0 Å². The third-order valence-corrected chi connectivity index (χ3v) is 18.3. The highest BCUT2D eigenvalue weighted by molar-refractivity contribution is 5.25. The highest BCUT2D eigenvalue weighted by Gasteiger charge is 2.66. The Morgan fingerprint density at radius 1 is 0.712 bits per heavy atom. The molecule has 0 amide bonds. The summed E-state index contributed by atoms with van der Waals surface area (Å²) in [6.07, 6.45) is 21.5. The zero-order chi connectivity index (χ0) is 37.5. The maximum absolute atomic E-state index is 4.89. The molecule has 11 atom stereocenters. The van der Waals surface area contributed by atoms with E-state index in [1.807, 2.05) is 0 Å². The lowest BCUT2D eigenvalue weighted by molar-refractivity contribution is -0.202. The molecule has 1 N–H and O–H groups in total. The van der Waals surface area contributed by atoms with Crippen LogP contribution in [-0.2, 0) is 6.42 Å². The van der Waals surface area contributed by atoms with Crippen LogP contribution >= 0.6 is 0 Å². The Morgan fingerprint density at radius 3 is 2.10 bits per heavy atom. The van der Waals surface area contributed by atoms with E-state index < -0.39 is 0 Å². The van der Waals surface area contributed by atoms with Crippen molar-refractivity contribution >= 4 is 0 Å². The highest BCUT2D eigenvalue weighted by Crippen LogP contribution is 2.73. The number of fused-ring (bicyclic) bond motifs is 7. The van der Waals surface area contributed by atoms with E-state index in [0.29, 0.717) is 39.0 Å². The number of aryl methyl sites for hydroxylation is 1. The van der Waals surface area contributed by atoms with Gasteiger partial charge in [-0.2, -0.15) is 0 Å². The minimum Gasteiger partial charge on any atom is -0.383 e. The van der Waals surface area contributed by atoms with Gasteiger partial charge in [0.05, 0.1) is 0 Å². The van der Waals surface area contributed by atoms with Crippen LogP contribution in [0.4, 0.5) is 0 Å². The number of nitrogens with one attached hydrogen (secondary N) is 1. The van der Waals surface area contributed by atoms with Crippen molar-refractivity contribution in [3.63, 3.8) is 0 Å². The lowest BCUT2D eigenvalue weighted by Gasteiger charge is -2.70. The van der Waals surface area contributed by atoms with E-state index >= 15 is 0 Å². The van der Waals surface area contributed by atoms with E-state index in [2.05, 4.69) is 111 Å². The van der Waals surface area contributed by atoms with E-state index in [1.54, 1.807) is 5.57 Å². The summed E-state index contributed by atoms with van der Waals surface area (Å²) in [6, 6.07) is 11.0. The van der Waals surface area contributed by atoms with Gasteiger partial charge in [0.15, 0.2) is 0 Å². The predicted octanol–water partition coefficient (Wildman–Crippen LogP) is 14.2. The van der Waals surface area contributed by atoms with Crippen molar-refractivity contribution in [3.8, 4) is 0 Å². The first-order valence-electron chi connectivity index (χ1n) is 22.2. The molecule has 6 aliphatic carbocycles. The van der Waals surface area contributed by atoms with Crippen molar-refractivity contribution in [3.05, 3.63) is 72.5 Å². The molecule has 288 valence electrons. The number of rotatable bonds is 10. The van der Waals surface area contributed by atoms with Crippen LogP contribution in [0.5, 0.6) is 0 Å². The van der Waals surface area contributed by atoms with E-state index in [0.717, 1.165) is 54.8 Å². The number of hydrogen-bond donors (Lipinski definition) is 1. The molecule has 1 heteroatoms. The van der Waals surface area contributed by atoms with E-state index in [1.165, 1.54) is 100 Å². The lowest BCUT2D eigenvalue weighted by atomic mass is 9.35. The van der Waals surface area contributed by atoms with Gasteiger partial charge < -0.3 is 5.32 Å². The summed E-state index contributed by atoms with van der Waals surface area (Å²) in [5.74, 6) is 6.40. The molecule has 6 saturated carbocycles. The van der Waals surface area contributed by atoms with E-state index in [-0.39, 0.29) is 5.41 Å². The van der Waals surface area contributed by atoms with Crippen molar-refractivity contribution in [2.24, 2.45) is 74.4 Å². The molecular formula is C51H79N. The molecule has 1 nitrogen and oxygen atoms in total. The molecule has 0 saturated heterocycles. The molecule has 0 heterocycles. The first-order chi connectivity index (χ1) is 24.3. The number of hydrogen-bond acceptors (Lipinski definition) is 1. The van der Waals surface area contributed by atoms with Crippen molar-refractivity contribution in [2.75, 3.05) is 0 Å². The Balaban J connectivity index is 0.997. The van der Waals surface area contributed by atoms with Gasteiger partial charge in [-0.25, -0.2) is 0 Å². The molecule has 0 aromatic heterocycles. The fourth-order valence-electron chi connectivity index (χ4n) is 15.8. The first kappa shape index (κ1) is 38.5. The summed E-state index contributed by atoms with van der Waals surface area (Å²) in [5, 5.41) is 4.19. The molecule has 6 aliphatic rings. The quantitative estimate of drug-likeness (QED) is 0.239. The van der Waals surface area contributed by atoms with Gasteiger partial charge in [0.25, 0.3) is 0 Å². The largest absolute Gasteiger partial charge is 0.383 e. The van der Waals surface area contributed by atoms with Crippen molar-refractivity contribution in [1.82, 2.24) is 5.32 Å². The van der Waals surface area contributed by atoms with Crippen molar-refractivity contribution in [1.29, 1.82) is 0 Å². The Kier molecular flexibility index (Phi) is 9.97. The van der Waals surface area contributed by atoms with Gasteiger partial charge >= 0.3 is 0 Å². The minimum absolute atomic E-state index is 0.274. The molecule has 0 radical (unpaired) electrons. The van der Waals surface area contributed by atoms with E-state index in [9.17, 15) is 0 Å². The van der Waals surface area contributed by atoms with Crippen LogP contribution in [0.2, 0.25) is 0 Å². The fraction of sp³-hybridized carbons (Fsp3) is 0.765. The normalized spacial score (nSPS) is 41.7. The topological polar surface area (TPSA) is 12.0 Å². The number of allylic oxidation sites excluding steroid dienone is 3. The zero-order valence-electron chi connectivity index (χ0n) is 35.4. The molecular weight excluding hydrogens is 627 g/mol. The summed E-state index contributed by atoms with van der Waals surface area (Å²) in [4.78, 5) is 0. The van der Waals surface area contributed by atoms with Crippen LogP contribution < -0.4 is 5.32 Å². The molecule has 6 fully saturated rings. The molecule has 1 aromatic carbocycles.